The number of nitrogens with zero attached hydrogens (tertiary/aromatic N) is 2. The molecule has 1 aromatic rings. The molecule has 7 heteroatoms. The minimum atomic E-state index is -0.490. The summed E-state index contributed by atoms with van der Waals surface area (Å²) in [6, 6.07) is 1.41. The van der Waals surface area contributed by atoms with Crippen LogP contribution in [0, 0.1) is 16.0 Å². The van der Waals surface area contributed by atoms with Gasteiger partial charge in [0.05, 0.1) is 9.40 Å². The van der Waals surface area contributed by atoms with Gasteiger partial charge in [-0.15, -0.1) is 0 Å². The molecule has 0 aromatic carbocycles. The van der Waals surface area contributed by atoms with E-state index in [0.717, 1.165) is 0 Å². The van der Waals surface area contributed by atoms with E-state index in [2.05, 4.69) is 26.2 Å². The second kappa shape index (κ2) is 6.51. The molecule has 0 fully saturated rings. The Bertz CT molecular complexity index is 400. The molecule has 0 aliphatic heterocycles. The minimum absolute atomic E-state index is 0.0502. The van der Waals surface area contributed by atoms with Crippen molar-refractivity contribution in [3.63, 3.8) is 0 Å². The molecule has 2 N–H and O–H groups in total. The maximum Gasteiger partial charge on any atom is 0.288 e. The average molecular weight is 304 g/mol. The summed E-state index contributed by atoms with van der Waals surface area (Å²) in [4.78, 5) is 14.0. The van der Waals surface area contributed by atoms with Crippen LogP contribution in [0.5, 0.6) is 0 Å². The number of rotatable bonds is 6. The molecule has 17 heavy (non-hydrogen) atoms. The van der Waals surface area contributed by atoms with E-state index in [-0.39, 0.29) is 12.3 Å². The molecule has 0 bridgehead atoms. The zero-order chi connectivity index (χ0) is 12.8. The van der Waals surface area contributed by atoms with Crippen LogP contribution < -0.4 is 5.32 Å². The van der Waals surface area contributed by atoms with Crippen molar-refractivity contribution in [1.82, 2.24) is 4.98 Å². The first kappa shape index (κ1) is 13.9. The molecule has 6 nitrogen and oxygen atoms in total. The first-order chi connectivity index (χ1) is 8.04. The molecule has 1 atom stereocenters. The van der Waals surface area contributed by atoms with E-state index in [0.29, 0.717) is 29.2 Å². The number of halogens is 1. The number of anilines is 1. The fourth-order valence-electron chi connectivity index (χ4n) is 1.25. The molecule has 1 rings (SSSR count). The second-order valence-electron chi connectivity index (χ2n) is 3.78. The van der Waals surface area contributed by atoms with Crippen LogP contribution in [-0.2, 0) is 0 Å². The summed E-state index contributed by atoms with van der Waals surface area (Å²) in [6.07, 6.45) is 1.92. The van der Waals surface area contributed by atoms with Gasteiger partial charge in [0.2, 0.25) is 0 Å². The lowest BCUT2D eigenvalue weighted by Gasteiger charge is -2.12. The van der Waals surface area contributed by atoms with Crippen molar-refractivity contribution in [2.75, 3.05) is 18.5 Å². The molecule has 0 spiro atoms. The standard InChI is InChI=1S/C10H14BrN3O3/c1-7(2-3-15)5-12-10-9(11)4-8(6-13-10)14(16)17/h4,6-7,15H,2-3,5H2,1H3,(H,12,13). The normalized spacial score (nSPS) is 12.2. The lowest BCUT2D eigenvalue weighted by Crippen LogP contribution is -2.13. The fraction of sp³-hybridized carbons (Fsp3) is 0.500. The Labute approximate surface area is 107 Å². The lowest BCUT2D eigenvalue weighted by atomic mass is 10.1. The van der Waals surface area contributed by atoms with Gasteiger partial charge in [0.25, 0.3) is 5.69 Å². The predicted molar refractivity (Wildman–Crippen MR) is 67.9 cm³/mol. The summed E-state index contributed by atoms with van der Waals surface area (Å²) < 4.78 is 0.558. The molecule has 1 aromatic heterocycles. The molecule has 0 radical (unpaired) electrons. The van der Waals surface area contributed by atoms with Gasteiger partial charge in [0, 0.05) is 19.2 Å². The first-order valence-corrected chi connectivity index (χ1v) is 5.98. The van der Waals surface area contributed by atoms with E-state index >= 15 is 0 Å². The van der Waals surface area contributed by atoms with Crippen molar-refractivity contribution in [3.05, 3.63) is 26.9 Å². The van der Waals surface area contributed by atoms with Gasteiger partial charge in [-0.2, -0.15) is 0 Å². The number of aliphatic hydroxyl groups excluding tert-OH is 1. The highest BCUT2D eigenvalue weighted by Crippen LogP contribution is 2.24. The van der Waals surface area contributed by atoms with Crippen LogP contribution in [0.2, 0.25) is 0 Å². The highest BCUT2D eigenvalue weighted by atomic mass is 79.9. The number of aromatic nitrogens is 1. The van der Waals surface area contributed by atoms with Gasteiger partial charge in [0.15, 0.2) is 0 Å². The number of hydrogen-bond donors (Lipinski definition) is 2. The highest BCUT2D eigenvalue weighted by molar-refractivity contribution is 9.10. The summed E-state index contributed by atoms with van der Waals surface area (Å²) in [6.45, 7) is 2.81. The first-order valence-electron chi connectivity index (χ1n) is 5.19. The number of nitrogens with one attached hydrogen (secondary N) is 1. The van der Waals surface area contributed by atoms with Crippen molar-refractivity contribution < 1.29 is 10.0 Å². The van der Waals surface area contributed by atoms with Gasteiger partial charge in [-0.25, -0.2) is 4.98 Å². The number of nitro groups is 1. The maximum absolute atomic E-state index is 10.5. The zero-order valence-corrected chi connectivity index (χ0v) is 11.0. The Balaban J connectivity index is 2.63. The Morgan fingerprint density at radius 2 is 2.41 bits per heavy atom. The quantitative estimate of drug-likeness (QED) is 0.621. The Kier molecular flexibility index (Phi) is 5.30. The van der Waals surface area contributed by atoms with Crippen LogP contribution in [0.1, 0.15) is 13.3 Å². The molecule has 0 saturated carbocycles. The molecule has 1 unspecified atom stereocenters. The van der Waals surface area contributed by atoms with Crippen LogP contribution in [0.15, 0.2) is 16.7 Å². The summed E-state index contributed by atoms with van der Waals surface area (Å²) in [5.74, 6) is 0.879. The van der Waals surface area contributed by atoms with Crippen molar-refractivity contribution in [2.45, 2.75) is 13.3 Å². The topological polar surface area (TPSA) is 88.3 Å². The smallest absolute Gasteiger partial charge is 0.288 e. The fourth-order valence-corrected chi connectivity index (χ4v) is 1.73. The van der Waals surface area contributed by atoms with Crippen molar-refractivity contribution in [3.8, 4) is 0 Å². The van der Waals surface area contributed by atoms with Crippen LogP contribution in [0.3, 0.4) is 0 Å². The van der Waals surface area contributed by atoms with Gasteiger partial charge < -0.3 is 10.4 Å². The molecule has 0 saturated heterocycles. The molecular weight excluding hydrogens is 290 g/mol. The van der Waals surface area contributed by atoms with Crippen molar-refractivity contribution in [2.24, 2.45) is 5.92 Å². The van der Waals surface area contributed by atoms with E-state index in [4.69, 9.17) is 5.11 Å². The minimum Gasteiger partial charge on any atom is -0.396 e. The Hall–Kier alpha value is -1.21. The van der Waals surface area contributed by atoms with Gasteiger partial charge in [-0.3, -0.25) is 10.1 Å². The Morgan fingerprint density at radius 1 is 1.71 bits per heavy atom. The third-order valence-electron chi connectivity index (χ3n) is 2.28. The number of aliphatic hydroxyl groups is 1. The second-order valence-corrected chi connectivity index (χ2v) is 4.63. The van der Waals surface area contributed by atoms with Crippen molar-refractivity contribution in [1.29, 1.82) is 0 Å². The zero-order valence-electron chi connectivity index (χ0n) is 9.39. The average Bonchev–Trinajstić information content (AvgIpc) is 2.27. The number of hydrogen-bond acceptors (Lipinski definition) is 5. The maximum atomic E-state index is 10.5. The van der Waals surface area contributed by atoms with E-state index in [9.17, 15) is 10.1 Å². The van der Waals surface area contributed by atoms with Crippen molar-refractivity contribution >= 4 is 27.4 Å². The van der Waals surface area contributed by atoms with Crippen LogP contribution in [0.4, 0.5) is 11.5 Å². The molecule has 0 amide bonds. The summed E-state index contributed by atoms with van der Waals surface area (Å²) in [5, 5.41) is 22.3. The third kappa shape index (κ3) is 4.27. The van der Waals surface area contributed by atoms with Crippen LogP contribution >= 0.6 is 15.9 Å². The number of pyridine rings is 1. The van der Waals surface area contributed by atoms with Crippen LogP contribution in [0.25, 0.3) is 0 Å². The monoisotopic (exact) mass is 303 g/mol. The SMILES string of the molecule is CC(CCO)CNc1ncc([N+](=O)[O-])cc1Br. The summed E-state index contributed by atoms with van der Waals surface area (Å²) >= 11 is 3.23. The van der Waals surface area contributed by atoms with Gasteiger partial charge >= 0.3 is 0 Å². The van der Waals surface area contributed by atoms with E-state index in [1.807, 2.05) is 6.92 Å². The highest BCUT2D eigenvalue weighted by Gasteiger charge is 2.11. The van der Waals surface area contributed by atoms with Gasteiger partial charge in [0.1, 0.15) is 12.0 Å². The molecule has 0 aliphatic carbocycles. The van der Waals surface area contributed by atoms with E-state index < -0.39 is 4.92 Å². The largest absolute Gasteiger partial charge is 0.396 e. The third-order valence-corrected chi connectivity index (χ3v) is 2.88. The molecule has 94 valence electrons. The van der Waals surface area contributed by atoms with Gasteiger partial charge in [-0.1, -0.05) is 6.92 Å². The van der Waals surface area contributed by atoms with E-state index in [1.165, 1.54) is 12.3 Å². The predicted octanol–water partition coefficient (Wildman–Crippen LogP) is 2.18. The lowest BCUT2D eigenvalue weighted by molar-refractivity contribution is -0.385. The summed E-state index contributed by atoms with van der Waals surface area (Å²) in [5.41, 5.74) is -0.0502. The Morgan fingerprint density at radius 3 is 2.94 bits per heavy atom. The van der Waals surface area contributed by atoms with Gasteiger partial charge in [-0.05, 0) is 28.3 Å². The molecular formula is C10H14BrN3O3. The molecule has 1 heterocycles. The van der Waals surface area contributed by atoms with E-state index in [1.54, 1.807) is 0 Å². The molecule has 0 aliphatic rings. The summed E-state index contributed by atoms with van der Waals surface area (Å²) in [7, 11) is 0. The van der Waals surface area contributed by atoms with Crippen LogP contribution in [-0.4, -0.2) is 28.2 Å².